The van der Waals surface area contributed by atoms with Gasteiger partial charge in [0.2, 0.25) is 0 Å². The molecule has 3 aromatic carbocycles. The van der Waals surface area contributed by atoms with Crippen LogP contribution in [0.4, 0.5) is 5.82 Å². The van der Waals surface area contributed by atoms with Crippen molar-refractivity contribution in [2.24, 2.45) is 0 Å². The molecular weight excluding hydrogens is 690 g/mol. The van der Waals surface area contributed by atoms with Crippen molar-refractivity contribution in [2.75, 3.05) is 32.9 Å². The van der Waals surface area contributed by atoms with Gasteiger partial charge < -0.3 is 28.5 Å². The van der Waals surface area contributed by atoms with Gasteiger partial charge in [0.25, 0.3) is 0 Å². The highest BCUT2D eigenvalue weighted by Crippen LogP contribution is 2.45. The molecule has 10 nitrogen and oxygen atoms in total. The molecule has 0 saturated carbocycles. The molecule has 5 aromatic rings. The minimum atomic E-state index is -2.39. The minimum absolute atomic E-state index is 0.00599. The van der Waals surface area contributed by atoms with Crippen LogP contribution in [0.25, 0.3) is 11.2 Å². The van der Waals surface area contributed by atoms with Crippen molar-refractivity contribution >= 4 is 32.4 Å². The predicted octanol–water partition coefficient (Wildman–Crippen LogP) is 9.06. The summed E-state index contributed by atoms with van der Waals surface area (Å²) in [5.74, 6) is 3.83. The molecule has 1 fully saturated rings. The lowest BCUT2D eigenvalue weighted by atomic mass is 9.77. The number of fused-ring (bicyclic) bond motifs is 1. The molecule has 0 aliphatic carbocycles. The first-order chi connectivity index (χ1) is 24.6. The van der Waals surface area contributed by atoms with E-state index in [2.05, 4.69) is 75.6 Å². The molecule has 6 rings (SSSR count). The zero-order valence-corrected chi connectivity index (χ0v) is 33.4. The highest BCUT2D eigenvalue weighted by atomic mass is 31.2. The number of ether oxygens (including phenoxy) is 3. The van der Waals surface area contributed by atoms with Crippen LogP contribution in [0.1, 0.15) is 50.1 Å². The van der Waals surface area contributed by atoms with Crippen molar-refractivity contribution in [3.8, 4) is 11.5 Å². The molecular formula is C40H50N5O5PSi. The second-order valence-electron chi connectivity index (χ2n) is 15.2. The van der Waals surface area contributed by atoms with Crippen LogP contribution < -0.4 is 14.8 Å². The lowest BCUT2D eigenvalue weighted by Gasteiger charge is -2.39. The molecule has 0 spiro atoms. The SMILES string of the molecule is COc1ccc(C(Nc2ncnc3c2ncn3[C@@H]2O[C@H](/C=C/P(C)(C)=O)C[C@H]2O[Si](C)(C)C(C)(C)C)(c2ccccc2)c2ccc(OC)cc2)cc1. The molecule has 1 aliphatic rings. The first-order valence-corrected chi connectivity index (χ1v) is 23.1. The van der Waals surface area contributed by atoms with E-state index in [0.717, 1.165) is 28.2 Å². The third-order valence-electron chi connectivity index (χ3n) is 10.2. The molecule has 3 atom stereocenters. The summed E-state index contributed by atoms with van der Waals surface area (Å²) in [4.78, 5) is 14.5. The van der Waals surface area contributed by atoms with Gasteiger partial charge in [0.15, 0.2) is 31.5 Å². The summed E-state index contributed by atoms with van der Waals surface area (Å²) in [6.07, 6.45) is 4.80. The molecule has 274 valence electrons. The minimum Gasteiger partial charge on any atom is -0.497 e. The fourth-order valence-corrected chi connectivity index (χ4v) is 8.32. The van der Waals surface area contributed by atoms with Gasteiger partial charge in [-0.15, -0.1) is 0 Å². The van der Waals surface area contributed by atoms with Crippen LogP contribution in [0.15, 0.2) is 103 Å². The Kier molecular flexibility index (Phi) is 10.5. The van der Waals surface area contributed by atoms with E-state index in [9.17, 15) is 4.57 Å². The van der Waals surface area contributed by atoms with E-state index in [1.54, 1.807) is 46.0 Å². The number of rotatable bonds is 12. The largest absolute Gasteiger partial charge is 0.497 e. The molecule has 1 saturated heterocycles. The van der Waals surface area contributed by atoms with E-state index in [1.165, 1.54) is 0 Å². The monoisotopic (exact) mass is 739 g/mol. The van der Waals surface area contributed by atoms with Crippen LogP contribution in [-0.2, 0) is 19.3 Å². The van der Waals surface area contributed by atoms with Gasteiger partial charge in [-0.2, -0.15) is 0 Å². The summed E-state index contributed by atoms with van der Waals surface area (Å²) in [6.45, 7) is 14.7. The smallest absolute Gasteiger partial charge is 0.192 e. The highest BCUT2D eigenvalue weighted by Gasteiger charge is 2.46. The van der Waals surface area contributed by atoms with Gasteiger partial charge in [-0.05, 0) is 78.2 Å². The summed E-state index contributed by atoms with van der Waals surface area (Å²) < 4.78 is 39.3. The molecule has 2 aromatic heterocycles. The number of hydrogen-bond acceptors (Lipinski definition) is 9. The molecule has 0 radical (unpaired) electrons. The van der Waals surface area contributed by atoms with E-state index >= 15 is 0 Å². The van der Waals surface area contributed by atoms with Gasteiger partial charge in [-0.25, -0.2) is 15.0 Å². The molecule has 1 aliphatic heterocycles. The van der Waals surface area contributed by atoms with Crippen molar-refractivity contribution in [3.63, 3.8) is 0 Å². The third-order valence-corrected chi connectivity index (χ3v) is 15.6. The Morgan fingerprint density at radius 3 is 1.98 bits per heavy atom. The standard InChI is InChI=1S/C40H50N5O5PSi/c1-39(2,3)52(8,9)50-34-25-33(23-24-51(6,7)46)49-38(34)45-27-43-35-36(41-26-42-37(35)45)44-40(28-13-11-10-12-14-28,29-15-19-31(47-4)20-16-29)30-17-21-32(48-5)22-18-30/h10-24,26-27,33-34,38H,25H2,1-9H3,(H,41,42,44)/b24-23+/t33-,34-,38-/m1/s1. The van der Waals surface area contributed by atoms with Crippen LogP contribution in [-0.4, -0.2) is 67.6 Å². The van der Waals surface area contributed by atoms with Crippen LogP contribution in [0.3, 0.4) is 0 Å². The van der Waals surface area contributed by atoms with Gasteiger partial charge in [-0.3, -0.25) is 4.57 Å². The topological polar surface area (TPSA) is 110 Å². The fraction of sp³-hybridized carbons (Fsp3) is 0.375. The average Bonchev–Trinajstić information content (AvgIpc) is 3.73. The predicted molar refractivity (Wildman–Crippen MR) is 210 cm³/mol. The Hall–Kier alpha value is -4.28. The van der Waals surface area contributed by atoms with Crippen molar-refractivity contribution in [1.29, 1.82) is 0 Å². The number of hydrogen-bond donors (Lipinski definition) is 1. The first-order valence-electron chi connectivity index (χ1n) is 17.5. The number of methoxy groups -OCH3 is 2. The van der Waals surface area contributed by atoms with Crippen LogP contribution >= 0.6 is 7.14 Å². The number of nitrogens with zero attached hydrogens (tertiary/aromatic N) is 4. The summed E-state index contributed by atoms with van der Waals surface area (Å²) in [5, 5.41) is 3.86. The van der Waals surface area contributed by atoms with E-state index < -0.39 is 27.2 Å². The van der Waals surface area contributed by atoms with Gasteiger partial charge in [0, 0.05) is 6.42 Å². The average molecular weight is 740 g/mol. The van der Waals surface area contributed by atoms with Gasteiger partial charge in [0.05, 0.1) is 32.8 Å². The molecule has 12 heteroatoms. The van der Waals surface area contributed by atoms with Crippen LogP contribution in [0.5, 0.6) is 11.5 Å². The van der Waals surface area contributed by atoms with Crippen LogP contribution in [0, 0.1) is 0 Å². The van der Waals surface area contributed by atoms with Crippen molar-refractivity contribution in [2.45, 2.75) is 69.3 Å². The van der Waals surface area contributed by atoms with Crippen molar-refractivity contribution < 1.29 is 23.2 Å². The second-order valence-corrected chi connectivity index (χ2v) is 23.2. The zero-order valence-electron chi connectivity index (χ0n) is 31.5. The van der Waals surface area contributed by atoms with Crippen molar-refractivity contribution in [3.05, 3.63) is 120 Å². The molecule has 0 bridgehead atoms. The maximum Gasteiger partial charge on any atom is 0.192 e. The van der Waals surface area contributed by atoms with Crippen LogP contribution in [0.2, 0.25) is 18.1 Å². The van der Waals surface area contributed by atoms with Gasteiger partial charge in [0.1, 0.15) is 30.5 Å². The maximum atomic E-state index is 12.6. The normalized spacial score (nSPS) is 18.6. The summed E-state index contributed by atoms with van der Waals surface area (Å²) in [6, 6.07) is 26.4. The Morgan fingerprint density at radius 2 is 1.44 bits per heavy atom. The lowest BCUT2D eigenvalue weighted by Crippen LogP contribution is -2.45. The summed E-state index contributed by atoms with van der Waals surface area (Å²) >= 11 is 0. The lowest BCUT2D eigenvalue weighted by molar-refractivity contribution is -0.0186. The number of aromatic nitrogens is 4. The van der Waals surface area contributed by atoms with E-state index in [4.69, 9.17) is 33.6 Å². The number of benzene rings is 3. The second kappa shape index (κ2) is 14.6. The van der Waals surface area contributed by atoms with Gasteiger partial charge >= 0.3 is 0 Å². The first kappa shape index (κ1) is 37.5. The number of imidazole rings is 1. The molecule has 1 N–H and O–H groups in total. The fourth-order valence-electron chi connectivity index (χ4n) is 6.39. The quantitative estimate of drug-likeness (QED) is 0.0762. The number of nitrogens with one attached hydrogen (secondary N) is 1. The highest BCUT2D eigenvalue weighted by molar-refractivity contribution is 7.65. The van der Waals surface area contributed by atoms with E-state index in [-0.39, 0.29) is 17.2 Å². The molecule has 52 heavy (non-hydrogen) atoms. The van der Waals surface area contributed by atoms with E-state index in [1.807, 2.05) is 53.1 Å². The summed E-state index contributed by atoms with van der Waals surface area (Å²) in [7, 11) is -1.27. The summed E-state index contributed by atoms with van der Waals surface area (Å²) in [5.41, 5.74) is 3.22. The Morgan fingerprint density at radius 1 is 0.865 bits per heavy atom. The van der Waals surface area contributed by atoms with E-state index in [0.29, 0.717) is 23.4 Å². The Bertz CT molecular complexity index is 2010. The zero-order chi connectivity index (χ0) is 37.3. The van der Waals surface area contributed by atoms with Crippen molar-refractivity contribution in [1.82, 2.24) is 19.5 Å². The maximum absolute atomic E-state index is 12.6. The third kappa shape index (κ3) is 7.59. The molecule has 3 heterocycles. The van der Waals surface area contributed by atoms with Gasteiger partial charge in [-0.1, -0.05) is 81.4 Å². The molecule has 0 amide bonds. The molecule has 0 unspecified atom stereocenters. The number of anilines is 1. The Labute approximate surface area is 308 Å². The Balaban J connectivity index is 1.48.